The summed E-state index contributed by atoms with van der Waals surface area (Å²) in [5, 5.41) is 14.7. The van der Waals surface area contributed by atoms with Gasteiger partial charge in [-0.1, -0.05) is 74.9 Å². The summed E-state index contributed by atoms with van der Waals surface area (Å²) in [7, 11) is 0. The van der Waals surface area contributed by atoms with Crippen LogP contribution in [0.5, 0.6) is 0 Å². The number of carboxylic acids is 1. The Bertz CT molecular complexity index is 1210. The molecule has 0 unspecified atom stereocenters. The molecule has 7 heteroatoms. The Morgan fingerprint density at radius 2 is 1.57 bits per heavy atom. The number of rotatable bonds is 8. The van der Waals surface area contributed by atoms with Gasteiger partial charge in [-0.15, -0.1) is 0 Å². The second-order valence-electron chi connectivity index (χ2n) is 8.71. The predicted molar refractivity (Wildman–Crippen MR) is 133 cm³/mol. The molecule has 3 aromatic carbocycles. The van der Waals surface area contributed by atoms with Crippen molar-refractivity contribution in [3.05, 3.63) is 89.5 Å². The molecule has 1 aliphatic carbocycles. The van der Waals surface area contributed by atoms with Crippen LogP contribution in [0.25, 0.3) is 11.1 Å². The molecular weight excluding hydrogens is 444 g/mol. The average molecular weight is 473 g/mol. The topological polar surface area (TPSA) is 105 Å². The van der Waals surface area contributed by atoms with Gasteiger partial charge in [0.05, 0.1) is 0 Å². The zero-order valence-electron chi connectivity index (χ0n) is 19.7. The standard InChI is InChI=1S/C28H28N2O5/c1-3-17(2)25(27(32)33)30-26(31)18-9-8-10-19(15-18)29-28(34)35-16-24-22-13-6-4-11-20(22)21-12-5-7-14-23(21)24/h4-15,17,24-25H,3,16H2,1-2H3,(H,29,34)(H,30,31)(H,32,33)/t17-,25-/m0/s1. The molecule has 0 spiro atoms. The van der Waals surface area contributed by atoms with Crippen molar-refractivity contribution in [3.8, 4) is 11.1 Å². The van der Waals surface area contributed by atoms with E-state index >= 15 is 0 Å². The van der Waals surface area contributed by atoms with Crippen molar-refractivity contribution in [1.82, 2.24) is 5.32 Å². The molecule has 0 bridgehead atoms. The highest BCUT2D eigenvalue weighted by atomic mass is 16.5. The lowest BCUT2D eigenvalue weighted by Crippen LogP contribution is -2.45. The van der Waals surface area contributed by atoms with Gasteiger partial charge in [0.15, 0.2) is 0 Å². The van der Waals surface area contributed by atoms with Gasteiger partial charge < -0.3 is 15.2 Å². The number of hydrogen-bond acceptors (Lipinski definition) is 4. The highest BCUT2D eigenvalue weighted by Crippen LogP contribution is 2.44. The number of aliphatic carboxylic acids is 1. The summed E-state index contributed by atoms with van der Waals surface area (Å²) in [4.78, 5) is 36.7. The Labute approximate surface area is 204 Å². The van der Waals surface area contributed by atoms with Gasteiger partial charge in [0.25, 0.3) is 5.91 Å². The highest BCUT2D eigenvalue weighted by Gasteiger charge is 2.29. The maximum Gasteiger partial charge on any atom is 0.411 e. The smallest absolute Gasteiger partial charge is 0.411 e. The summed E-state index contributed by atoms with van der Waals surface area (Å²) in [6.07, 6.45) is -0.0203. The summed E-state index contributed by atoms with van der Waals surface area (Å²) in [5.74, 6) is -1.88. The van der Waals surface area contributed by atoms with Crippen molar-refractivity contribution in [1.29, 1.82) is 0 Å². The van der Waals surface area contributed by atoms with Crippen LogP contribution in [0.1, 0.15) is 47.7 Å². The van der Waals surface area contributed by atoms with Crippen molar-refractivity contribution in [2.45, 2.75) is 32.2 Å². The summed E-state index contributed by atoms with van der Waals surface area (Å²) < 4.78 is 5.56. The van der Waals surface area contributed by atoms with Crippen LogP contribution >= 0.6 is 0 Å². The van der Waals surface area contributed by atoms with Gasteiger partial charge in [0, 0.05) is 17.2 Å². The fourth-order valence-electron chi connectivity index (χ4n) is 4.40. The van der Waals surface area contributed by atoms with Gasteiger partial charge in [-0.25, -0.2) is 9.59 Å². The second kappa shape index (κ2) is 10.4. The number of ether oxygens (including phenoxy) is 1. The molecule has 2 amide bonds. The minimum absolute atomic E-state index is 0.0567. The number of benzene rings is 3. The normalized spacial score (nSPS) is 13.8. The van der Waals surface area contributed by atoms with E-state index in [1.54, 1.807) is 25.1 Å². The molecule has 0 aromatic heterocycles. The number of carbonyl (C=O) groups excluding carboxylic acids is 2. The Balaban J connectivity index is 1.40. The van der Waals surface area contributed by atoms with Crippen LogP contribution in [0.2, 0.25) is 0 Å². The first-order chi connectivity index (χ1) is 16.9. The van der Waals surface area contributed by atoms with E-state index in [2.05, 4.69) is 22.8 Å². The summed E-state index contributed by atoms with van der Waals surface area (Å²) >= 11 is 0. The number of amides is 2. The van der Waals surface area contributed by atoms with Gasteiger partial charge in [-0.2, -0.15) is 0 Å². The molecule has 3 aromatic rings. The van der Waals surface area contributed by atoms with E-state index in [1.165, 1.54) is 6.07 Å². The second-order valence-corrected chi connectivity index (χ2v) is 8.71. The molecule has 0 fully saturated rings. The fraction of sp³-hybridized carbons (Fsp3) is 0.250. The molecule has 2 atom stereocenters. The molecule has 4 rings (SSSR count). The van der Waals surface area contributed by atoms with E-state index in [9.17, 15) is 19.5 Å². The third-order valence-electron chi connectivity index (χ3n) is 6.48. The lowest BCUT2D eigenvalue weighted by atomic mass is 9.98. The number of fused-ring (bicyclic) bond motifs is 3. The number of nitrogens with one attached hydrogen (secondary N) is 2. The summed E-state index contributed by atoms with van der Waals surface area (Å²) in [6.45, 7) is 3.81. The lowest BCUT2D eigenvalue weighted by Gasteiger charge is -2.20. The summed E-state index contributed by atoms with van der Waals surface area (Å²) in [5.41, 5.74) is 5.16. The molecular formula is C28H28N2O5. The molecule has 180 valence electrons. The molecule has 0 saturated carbocycles. The average Bonchev–Trinajstić information content (AvgIpc) is 3.19. The zero-order valence-corrected chi connectivity index (χ0v) is 19.7. The van der Waals surface area contributed by atoms with Crippen molar-refractivity contribution < 1.29 is 24.2 Å². The number of hydrogen-bond donors (Lipinski definition) is 3. The Morgan fingerprint density at radius 3 is 2.17 bits per heavy atom. The summed E-state index contributed by atoms with van der Waals surface area (Å²) in [6, 6.07) is 21.5. The van der Waals surface area contributed by atoms with Crippen molar-refractivity contribution in [2.75, 3.05) is 11.9 Å². The van der Waals surface area contributed by atoms with Crippen LogP contribution in [0.3, 0.4) is 0 Å². The SMILES string of the molecule is CC[C@H](C)[C@H](NC(=O)c1cccc(NC(=O)OCC2c3ccccc3-c3ccccc32)c1)C(=O)O. The van der Waals surface area contributed by atoms with Gasteiger partial charge in [-0.05, 0) is 46.4 Å². The molecule has 3 N–H and O–H groups in total. The maximum absolute atomic E-state index is 12.6. The van der Waals surface area contributed by atoms with E-state index in [0.717, 1.165) is 22.3 Å². The largest absolute Gasteiger partial charge is 0.480 e. The van der Waals surface area contributed by atoms with Crippen molar-refractivity contribution >= 4 is 23.7 Å². The molecule has 0 aliphatic heterocycles. The first-order valence-corrected chi connectivity index (χ1v) is 11.6. The molecule has 35 heavy (non-hydrogen) atoms. The van der Waals surface area contributed by atoms with Crippen LogP contribution in [0.15, 0.2) is 72.8 Å². The molecule has 0 heterocycles. The van der Waals surface area contributed by atoms with E-state index in [-0.39, 0.29) is 24.0 Å². The maximum atomic E-state index is 12.6. The minimum Gasteiger partial charge on any atom is -0.480 e. The van der Waals surface area contributed by atoms with Gasteiger partial charge in [-0.3, -0.25) is 10.1 Å². The third kappa shape index (κ3) is 5.19. The third-order valence-corrected chi connectivity index (χ3v) is 6.48. The van der Waals surface area contributed by atoms with E-state index in [0.29, 0.717) is 12.1 Å². The van der Waals surface area contributed by atoms with Gasteiger partial charge >= 0.3 is 12.1 Å². The first kappa shape index (κ1) is 24.0. The molecule has 0 saturated heterocycles. The van der Waals surface area contributed by atoms with Gasteiger partial charge in [0.1, 0.15) is 12.6 Å². The zero-order chi connectivity index (χ0) is 24.9. The highest BCUT2D eigenvalue weighted by molar-refractivity contribution is 5.98. The quantitative estimate of drug-likeness (QED) is 0.414. The van der Waals surface area contributed by atoms with E-state index in [1.807, 2.05) is 43.3 Å². The van der Waals surface area contributed by atoms with Crippen LogP contribution in [0, 0.1) is 5.92 Å². The van der Waals surface area contributed by atoms with Crippen LogP contribution < -0.4 is 10.6 Å². The number of carboxylic acid groups (broad SMARTS) is 1. The fourth-order valence-corrected chi connectivity index (χ4v) is 4.40. The molecule has 7 nitrogen and oxygen atoms in total. The van der Waals surface area contributed by atoms with Crippen molar-refractivity contribution in [3.63, 3.8) is 0 Å². The van der Waals surface area contributed by atoms with E-state index in [4.69, 9.17) is 4.74 Å². The van der Waals surface area contributed by atoms with Crippen LogP contribution in [0.4, 0.5) is 10.5 Å². The molecule has 1 aliphatic rings. The van der Waals surface area contributed by atoms with E-state index < -0.39 is 24.0 Å². The predicted octanol–water partition coefficient (Wildman–Crippen LogP) is 5.28. The van der Waals surface area contributed by atoms with Gasteiger partial charge in [0.2, 0.25) is 0 Å². The minimum atomic E-state index is -1.08. The monoisotopic (exact) mass is 472 g/mol. The first-order valence-electron chi connectivity index (χ1n) is 11.6. The number of carbonyl (C=O) groups is 3. The Morgan fingerprint density at radius 1 is 0.943 bits per heavy atom. The number of anilines is 1. The van der Waals surface area contributed by atoms with Crippen molar-refractivity contribution in [2.24, 2.45) is 5.92 Å². The van der Waals surface area contributed by atoms with Crippen LogP contribution in [-0.4, -0.2) is 35.7 Å². The molecule has 0 radical (unpaired) electrons. The Kier molecular flexibility index (Phi) is 7.15. The lowest BCUT2D eigenvalue weighted by molar-refractivity contribution is -0.140. The van der Waals surface area contributed by atoms with Crippen LogP contribution in [-0.2, 0) is 9.53 Å². The Hall–Kier alpha value is -4.13.